The molecule has 0 heterocycles. The van der Waals surface area contributed by atoms with Gasteiger partial charge in [-0.25, -0.2) is 13.6 Å². The lowest BCUT2D eigenvalue weighted by Gasteiger charge is -2.17. The Labute approximate surface area is 109 Å². The Morgan fingerprint density at radius 3 is 2.06 bits per heavy atom. The van der Waals surface area contributed by atoms with E-state index in [1.54, 1.807) is 24.3 Å². The van der Waals surface area contributed by atoms with Gasteiger partial charge < -0.3 is 5.32 Å². The standard InChI is InChI=1S/C13H20N2O2S/c14-18(16,17)13-9-7-12(8-10-13)15-11-5-3-1-2-4-6-11/h7-11,15H,1-6H2,(H2,14,16,17). The smallest absolute Gasteiger partial charge is 0.238 e. The zero-order valence-electron chi connectivity index (χ0n) is 10.4. The number of rotatable bonds is 3. The summed E-state index contributed by atoms with van der Waals surface area (Å²) >= 11 is 0. The molecule has 0 atom stereocenters. The number of primary sulfonamides is 1. The van der Waals surface area contributed by atoms with Gasteiger partial charge in [0.2, 0.25) is 10.0 Å². The van der Waals surface area contributed by atoms with Crippen molar-refractivity contribution in [2.24, 2.45) is 5.14 Å². The van der Waals surface area contributed by atoms with Crippen LogP contribution in [-0.4, -0.2) is 14.5 Å². The monoisotopic (exact) mass is 268 g/mol. The molecule has 2 rings (SSSR count). The molecule has 0 spiro atoms. The van der Waals surface area contributed by atoms with Crippen LogP contribution in [0.1, 0.15) is 38.5 Å². The normalized spacial score (nSPS) is 18.3. The van der Waals surface area contributed by atoms with Crippen LogP contribution in [0.25, 0.3) is 0 Å². The molecule has 0 aromatic heterocycles. The molecule has 0 unspecified atom stereocenters. The van der Waals surface area contributed by atoms with Gasteiger partial charge >= 0.3 is 0 Å². The van der Waals surface area contributed by atoms with Gasteiger partial charge in [0.1, 0.15) is 0 Å². The average molecular weight is 268 g/mol. The van der Waals surface area contributed by atoms with Crippen LogP contribution in [0.15, 0.2) is 29.2 Å². The highest BCUT2D eigenvalue weighted by molar-refractivity contribution is 7.89. The molecule has 18 heavy (non-hydrogen) atoms. The molecule has 1 aromatic rings. The van der Waals surface area contributed by atoms with Gasteiger partial charge in [0.05, 0.1) is 4.90 Å². The lowest BCUT2D eigenvalue weighted by atomic mass is 10.1. The van der Waals surface area contributed by atoms with Crippen molar-refractivity contribution in [2.75, 3.05) is 5.32 Å². The summed E-state index contributed by atoms with van der Waals surface area (Å²) in [4.78, 5) is 0.161. The average Bonchev–Trinajstić information content (AvgIpc) is 2.57. The topological polar surface area (TPSA) is 72.2 Å². The Kier molecular flexibility index (Phi) is 4.24. The fourth-order valence-corrected chi connectivity index (χ4v) is 2.92. The third kappa shape index (κ3) is 3.71. The van der Waals surface area contributed by atoms with E-state index in [0.717, 1.165) is 5.69 Å². The first-order valence-electron chi connectivity index (χ1n) is 6.45. The molecule has 3 N–H and O–H groups in total. The molecule has 0 aliphatic heterocycles. The molecule has 1 saturated carbocycles. The zero-order chi connectivity index (χ0) is 13.0. The summed E-state index contributed by atoms with van der Waals surface area (Å²) in [6.07, 6.45) is 7.57. The minimum Gasteiger partial charge on any atom is -0.382 e. The molecule has 100 valence electrons. The van der Waals surface area contributed by atoms with Gasteiger partial charge in [-0.15, -0.1) is 0 Å². The summed E-state index contributed by atoms with van der Waals surface area (Å²) in [5.74, 6) is 0. The third-order valence-corrected chi connectivity index (χ3v) is 4.34. The van der Waals surface area contributed by atoms with E-state index in [0.29, 0.717) is 6.04 Å². The van der Waals surface area contributed by atoms with E-state index in [2.05, 4.69) is 5.32 Å². The minimum atomic E-state index is -3.59. The van der Waals surface area contributed by atoms with Crippen LogP contribution in [-0.2, 0) is 10.0 Å². The maximum absolute atomic E-state index is 11.1. The molecule has 5 heteroatoms. The minimum absolute atomic E-state index is 0.161. The van der Waals surface area contributed by atoms with Crippen molar-refractivity contribution in [3.05, 3.63) is 24.3 Å². The fraction of sp³-hybridized carbons (Fsp3) is 0.538. The number of nitrogens with two attached hydrogens (primary N) is 1. The Morgan fingerprint density at radius 2 is 1.56 bits per heavy atom. The largest absolute Gasteiger partial charge is 0.382 e. The van der Waals surface area contributed by atoms with Gasteiger partial charge in [0, 0.05) is 11.7 Å². The molecule has 4 nitrogen and oxygen atoms in total. The summed E-state index contributed by atoms with van der Waals surface area (Å²) < 4.78 is 22.3. The first kappa shape index (κ1) is 13.4. The highest BCUT2D eigenvalue weighted by Gasteiger charge is 2.12. The van der Waals surface area contributed by atoms with Crippen LogP contribution in [0.5, 0.6) is 0 Å². The van der Waals surface area contributed by atoms with Crippen LogP contribution < -0.4 is 10.5 Å². The van der Waals surface area contributed by atoms with Crippen molar-refractivity contribution in [1.82, 2.24) is 0 Å². The summed E-state index contributed by atoms with van der Waals surface area (Å²) in [5, 5.41) is 8.53. The lowest BCUT2D eigenvalue weighted by Crippen LogP contribution is -2.18. The van der Waals surface area contributed by atoms with Crippen LogP contribution in [0.2, 0.25) is 0 Å². The number of benzene rings is 1. The number of hydrogen-bond acceptors (Lipinski definition) is 3. The van der Waals surface area contributed by atoms with Crippen LogP contribution in [0, 0.1) is 0 Å². The SMILES string of the molecule is NS(=O)(=O)c1ccc(NC2CCCCCC2)cc1. The van der Waals surface area contributed by atoms with E-state index in [1.807, 2.05) is 0 Å². The van der Waals surface area contributed by atoms with E-state index in [1.165, 1.54) is 38.5 Å². The predicted molar refractivity (Wildman–Crippen MR) is 72.9 cm³/mol. The molecule has 1 aliphatic rings. The Hall–Kier alpha value is -1.07. The molecule has 1 aromatic carbocycles. The second-order valence-electron chi connectivity index (χ2n) is 4.90. The van der Waals surface area contributed by atoms with Crippen molar-refractivity contribution in [1.29, 1.82) is 0 Å². The maximum Gasteiger partial charge on any atom is 0.238 e. The zero-order valence-corrected chi connectivity index (χ0v) is 11.2. The Bertz CT molecular complexity index is 474. The molecule has 0 saturated heterocycles. The highest BCUT2D eigenvalue weighted by Crippen LogP contribution is 2.21. The fourth-order valence-electron chi connectivity index (χ4n) is 2.40. The molecular weight excluding hydrogens is 248 g/mol. The summed E-state index contributed by atoms with van der Waals surface area (Å²) in [6, 6.07) is 7.17. The van der Waals surface area contributed by atoms with Crippen LogP contribution in [0.3, 0.4) is 0 Å². The van der Waals surface area contributed by atoms with Crippen molar-refractivity contribution < 1.29 is 8.42 Å². The van der Waals surface area contributed by atoms with Gasteiger partial charge in [-0.1, -0.05) is 25.7 Å². The second-order valence-corrected chi connectivity index (χ2v) is 6.46. The van der Waals surface area contributed by atoms with Crippen LogP contribution in [0.4, 0.5) is 5.69 Å². The first-order chi connectivity index (χ1) is 8.55. The summed E-state index contributed by atoms with van der Waals surface area (Å²) in [6.45, 7) is 0. The van der Waals surface area contributed by atoms with Crippen LogP contribution >= 0.6 is 0 Å². The van der Waals surface area contributed by atoms with Crippen molar-refractivity contribution in [2.45, 2.75) is 49.5 Å². The Balaban J connectivity index is 2.01. The lowest BCUT2D eigenvalue weighted by molar-refractivity contribution is 0.598. The Morgan fingerprint density at radius 1 is 1.00 bits per heavy atom. The van der Waals surface area contributed by atoms with E-state index < -0.39 is 10.0 Å². The second kappa shape index (κ2) is 5.71. The number of hydrogen-bond donors (Lipinski definition) is 2. The third-order valence-electron chi connectivity index (χ3n) is 3.41. The van der Waals surface area contributed by atoms with E-state index in [9.17, 15) is 8.42 Å². The number of sulfonamides is 1. The first-order valence-corrected chi connectivity index (χ1v) is 8.00. The van der Waals surface area contributed by atoms with E-state index in [-0.39, 0.29) is 4.90 Å². The van der Waals surface area contributed by atoms with Gasteiger partial charge in [0.15, 0.2) is 0 Å². The molecule has 1 aliphatic carbocycles. The highest BCUT2D eigenvalue weighted by atomic mass is 32.2. The van der Waals surface area contributed by atoms with Crippen molar-refractivity contribution in [3.8, 4) is 0 Å². The quantitative estimate of drug-likeness (QED) is 0.827. The summed E-state index contributed by atoms with van der Waals surface area (Å²) in [7, 11) is -3.59. The predicted octanol–water partition coefficient (Wildman–Crippen LogP) is 2.47. The van der Waals surface area contributed by atoms with E-state index >= 15 is 0 Å². The molecule has 0 bridgehead atoms. The summed E-state index contributed by atoms with van der Waals surface area (Å²) in [5.41, 5.74) is 0.967. The maximum atomic E-state index is 11.1. The molecule has 0 amide bonds. The van der Waals surface area contributed by atoms with Crippen molar-refractivity contribution in [3.63, 3.8) is 0 Å². The van der Waals surface area contributed by atoms with Crippen molar-refractivity contribution >= 4 is 15.7 Å². The van der Waals surface area contributed by atoms with E-state index in [4.69, 9.17) is 5.14 Å². The molecule has 1 fully saturated rings. The molecule has 0 radical (unpaired) electrons. The number of nitrogens with one attached hydrogen (secondary N) is 1. The van der Waals surface area contributed by atoms with Gasteiger partial charge in [-0.05, 0) is 37.1 Å². The van der Waals surface area contributed by atoms with Gasteiger partial charge in [-0.2, -0.15) is 0 Å². The van der Waals surface area contributed by atoms with Gasteiger partial charge in [0.25, 0.3) is 0 Å². The number of anilines is 1. The van der Waals surface area contributed by atoms with Gasteiger partial charge in [-0.3, -0.25) is 0 Å². The molecular formula is C13H20N2O2S.